The van der Waals surface area contributed by atoms with Crippen LogP contribution in [-0.2, 0) is 0 Å². The summed E-state index contributed by atoms with van der Waals surface area (Å²) in [5.41, 5.74) is 7.96. The molecule has 7 heteroatoms. The Morgan fingerprint density at radius 3 is 2.58 bits per heavy atom. The molecule has 0 aliphatic rings. The number of nitrogens with zero attached hydrogens (tertiary/aromatic N) is 2. The van der Waals surface area contributed by atoms with E-state index >= 15 is 0 Å². The number of hydrogen-bond acceptors (Lipinski definition) is 6. The van der Waals surface area contributed by atoms with Crippen LogP contribution in [-0.4, -0.2) is 30.1 Å². The van der Waals surface area contributed by atoms with Crippen molar-refractivity contribution in [2.24, 2.45) is 5.73 Å². The fraction of sp³-hybridized carbons (Fsp3) is 0.105. The minimum absolute atomic E-state index is 0.402. The minimum atomic E-state index is -0.492. The predicted octanol–water partition coefficient (Wildman–Crippen LogP) is 3.00. The van der Waals surface area contributed by atoms with Gasteiger partial charge in [0.1, 0.15) is 0 Å². The Morgan fingerprint density at radius 1 is 1.04 bits per heavy atom. The summed E-state index contributed by atoms with van der Waals surface area (Å²) in [7, 11) is 3.17. The van der Waals surface area contributed by atoms with Crippen LogP contribution in [0.25, 0.3) is 11.3 Å². The summed E-state index contributed by atoms with van der Waals surface area (Å²) < 4.78 is 10.6. The topological polar surface area (TPSA) is 99.4 Å². The molecule has 0 fully saturated rings. The van der Waals surface area contributed by atoms with Crippen LogP contribution in [0.5, 0.6) is 11.5 Å². The summed E-state index contributed by atoms with van der Waals surface area (Å²) in [6, 6.07) is 14.2. The lowest BCUT2D eigenvalue weighted by Gasteiger charge is -2.10. The third kappa shape index (κ3) is 3.72. The van der Waals surface area contributed by atoms with E-state index in [2.05, 4.69) is 15.3 Å². The maximum absolute atomic E-state index is 11.3. The van der Waals surface area contributed by atoms with E-state index < -0.39 is 5.91 Å². The first-order valence-corrected chi connectivity index (χ1v) is 7.83. The van der Waals surface area contributed by atoms with Gasteiger partial charge in [0.2, 0.25) is 11.9 Å². The van der Waals surface area contributed by atoms with Crippen LogP contribution in [0, 0.1) is 0 Å². The van der Waals surface area contributed by atoms with Gasteiger partial charge in [-0.15, -0.1) is 0 Å². The molecule has 0 unspecified atom stereocenters. The highest BCUT2D eigenvalue weighted by Crippen LogP contribution is 2.31. The van der Waals surface area contributed by atoms with Crippen molar-refractivity contribution in [2.45, 2.75) is 0 Å². The van der Waals surface area contributed by atoms with Crippen LogP contribution in [0.2, 0.25) is 0 Å². The molecular weight excluding hydrogens is 332 g/mol. The molecule has 132 valence electrons. The van der Waals surface area contributed by atoms with Gasteiger partial charge in [0.15, 0.2) is 11.5 Å². The third-order valence-corrected chi connectivity index (χ3v) is 3.74. The number of rotatable bonds is 6. The number of carbonyl (C=O) groups is 1. The quantitative estimate of drug-likeness (QED) is 0.709. The average molecular weight is 350 g/mol. The second kappa shape index (κ2) is 7.52. The van der Waals surface area contributed by atoms with Crippen molar-refractivity contribution in [3.05, 3.63) is 60.3 Å². The van der Waals surface area contributed by atoms with Crippen LogP contribution in [0.1, 0.15) is 10.4 Å². The van der Waals surface area contributed by atoms with Crippen molar-refractivity contribution in [1.82, 2.24) is 9.97 Å². The van der Waals surface area contributed by atoms with E-state index in [1.165, 1.54) is 0 Å². The summed E-state index contributed by atoms with van der Waals surface area (Å²) >= 11 is 0. The zero-order valence-corrected chi connectivity index (χ0v) is 14.4. The Bertz CT molecular complexity index is 944. The van der Waals surface area contributed by atoms with Crippen LogP contribution >= 0.6 is 0 Å². The van der Waals surface area contributed by atoms with Crippen molar-refractivity contribution in [3.63, 3.8) is 0 Å². The lowest BCUT2D eigenvalue weighted by molar-refractivity contribution is 0.100. The number of anilines is 2. The molecule has 0 spiro atoms. The van der Waals surface area contributed by atoms with Gasteiger partial charge in [0.25, 0.3) is 0 Å². The third-order valence-electron chi connectivity index (χ3n) is 3.74. The molecule has 0 aliphatic heterocycles. The summed E-state index contributed by atoms with van der Waals surface area (Å²) in [5, 5.41) is 3.07. The normalized spacial score (nSPS) is 10.2. The van der Waals surface area contributed by atoms with E-state index in [0.717, 1.165) is 11.3 Å². The maximum Gasteiger partial charge on any atom is 0.248 e. The minimum Gasteiger partial charge on any atom is -0.493 e. The predicted molar refractivity (Wildman–Crippen MR) is 98.8 cm³/mol. The molecule has 0 radical (unpaired) electrons. The van der Waals surface area contributed by atoms with Crippen molar-refractivity contribution in [1.29, 1.82) is 0 Å². The zero-order chi connectivity index (χ0) is 18.5. The van der Waals surface area contributed by atoms with E-state index in [-0.39, 0.29) is 0 Å². The number of aromatic nitrogens is 2. The number of methoxy groups -OCH3 is 2. The second-order valence-electron chi connectivity index (χ2n) is 5.41. The smallest absolute Gasteiger partial charge is 0.248 e. The van der Waals surface area contributed by atoms with Gasteiger partial charge < -0.3 is 20.5 Å². The molecule has 3 rings (SSSR count). The Labute approximate surface area is 150 Å². The molecule has 1 aromatic heterocycles. The fourth-order valence-electron chi connectivity index (χ4n) is 2.45. The Morgan fingerprint density at radius 2 is 1.85 bits per heavy atom. The molecular formula is C19H18N4O3. The standard InChI is InChI=1S/C19H18N4O3/c1-25-16-7-6-12(11-17(16)26-2)15-8-9-21-19(23-15)22-14-5-3-4-13(10-14)18(20)24/h3-11H,1-2H3,(H2,20,24)(H,21,22,23). The Balaban J connectivity index is 1.89. The molecule has 0 atom stereocenters. The van der Waals surface area contributed by atoms with Crippen molar-refractivity contribution in [3.8, 4) is 22.8 Å². The molecule has 0 aliphatic carbocycles. The summed E-state index contributed by atoms with van der Waals surface area (Å²) in [6.07, 6.45) is 1.65. The van der Waals surface area contributed by atoms with E-state index in [1.807, 2.05) is 18.2 Å². The second-order valence-corrected chi connectivity index (χ2v) is 5.41. The SMILES string of the molecule is COc1ccc(-c2ccnc(Nc3cccc(C(N)=O)c3)n2)cc1OC. The first-order valence-electron chi connectivity index (χ1n) is 7.83. The van der Waals surface area contributed by atoms with Crippen LogP contribution < -0.4 is 20.5 Å². The van der Waals surface area contributed by atoms with Gasteiger partial charge in [-0.2, -0.15) is 0 Å². The number of nitrogens with one attached hydrogen (secondary N) is 1. The lowest BCUT2D eigenvalue weighted by Crippen LogP contribution is -2.11. The number of ether oxygens (including phenoxy) is 2. The number of primary amides is 1. The van der Waals surface area contributed by atoms with Crippen LogP contribution in [0.3, 0.4) is 0 Å². The van der Waals surface area contributed by atoms with Crippen molar-refractivity contribution in [2.75, 3.05) is 19.5 Å². The molecule has 0 saturated carbocycles. The average Bonchev–Trinajstić information content (AvgIpc) is 2.67. The number of nitrogens with two attached hydrogens (primary N) is 1. The molecule has 26 heavy (non-hydrogen) atoms. The number of amides is 1. The molecule has 2 aromatic carbocycles. The number of benzene rings is 2. The van der Waals surface area contributed by atoms with E-state index in [4.69, 9.17) is 15.2 Å². The molecule has 0 saturated heterocycles. The van der Waals surface area contributed by atoms with Gasteiger partial charge in [-0.1, -0.05) is 6.07 Å². The van der Waals surface area contributed by atoms with Crippen molar-refractivity contribution >= 4 is 17.5 Å². The van der Waals surface area contributed by atoms with E-state index in [1.54, 1.807) is 50.7 Å². The Hall–Kier alpha value is -3.61. The van der Waals surface area contributed by atoms with Gasteiger partial charge >= 0.3 is 0 Å². The molecule has 1 heterocycles. The highest BCUT2D eigenvalue weighted by molar-refractivity contribution is 5.93. The van der Waals surface area contributed by atoms with Gasteiger partial charge in [-0.05, 0) is 42.5 Å². The fourth-order valence-corrected chi connectivity index (χ4v) is 2.45. The van der Waals surface area contributed by atoms with Gasteiger partial charge in [-0.25, -0.2) is 9.97 Å². The molecule has 7 nitrogen and oxygen atoms in total. The van der Waals surface area contributed by atoms with E-state index in [0.29, 0.717) is 28.7 Å². The van der Waals surface area contributed by atoms with Gasteiger partial charge in [-0.3, -0.25) is 4.79 Å². The molecule has 1 amide bonds. The van der Waals surface area contributed by atoms with Crippen LogP contribution in [0.4, 0.5) is 11.6 Å². The highest BCUT2D eigenvalue weighted by Gasteiger charge is 2.09. The monoisotopic (exact) mass is 350 g/mol. The van der Waals surface area contributed by atoms with Gasteiger partial charge in [0, 0.05) is 23.0 Å². The number of hydrogen-bond donors (Lipinski definition) is 2. The summed E-state index contributed by atoms with van der Waals surface area (Å²) in [4.78, 5) is 20.0. The summed E-state index contributed by atoms with van der Waals surface area (Å²) in [6.45, 7) is 0. The number of carbonyl (C=O) groups excluding carboxylic acids is 1. The largest absolute Gasteiger partial charge is 0.493 e. The zero-order valence-electron chi connectivity index (χ0n) is 14.4. The molecule has 0 bridgehead atoms. The highest BCUT2D eigenvalue weighted by atomic mass is 16.5. The first kappa shape index (κ1) is 17.2. The molecule has 3 N–H and O–H groups in total. The Kier molecular flexibility index (Phi) is 4.98. The lowest BCUT2D eigenvalue weighted by atomic mass is 10.1. The van der Waals surface area contributed by atoms with Crippen LogP contribution in [0.15, 0.2) is 54.7 Å². The maximum atomic E-state index is 11.3. The summed E-state index contributed by atoms with van der Waals surface area (Å²) in [5.74, 6) is 1.17. The first-order chi connectivity index (χ1) is 12.6. The van der Waals surface area contributed by atoms with E-state index in [9.17, 15) is 4.79 Å². The molecule has 3 aromatic rings. The van der Waals surface area contributed by atoms with Crippen molar-refractivity contribution < 1.29 is 14.3 Å². The van der Waals surface area contributed by atoms with Gasteiger partial charge in [0.05, 0.1) is 19.9 Å².